The van der Waals surface area contributed by atoms with Crippen LogP contribution in [-0.4, -0.2) is 70.9 Å². The highest BCUT2D eigenvalue weighted by Crippen LogP contribution is 2.29. The molecule has 1 atom stereocenters. The number of aliphatic hydroxyl groups is 1. The fourth-order valence-electron chi connectivity index (χ4n) is 3.95. The SMILES string of the molecule is Cc1ccc(NS(=O)(=O)C2CC2)cnc(CN2CCN(C(C)O)CC2)c(-c2ccc(Cl)cc2)[nH]1. The second-order valence-corrected chi connectivity index (χ2v) is 11.4. The largest absolute Gasteiger partial charge is 0.379 e. The van der Waals surface area contributed by atoms with Gasteiger partial charge in [0.15, 0.2) is 0 Å². The van der Waals surface area contributed by atoms with Gasteiger partial charge in [-0.25, -0.2) is 8.42 Å². The van der Waals surface area contributed by atoms with Gasteiger partial charge in [0.2, 0.25) is 10.0 Å². The molecule has 1 aliphatic heterocycles. The molecule has 2 fully saturated rings. The molecule has 1 saturated carbocycles. The van der Waals surface area contributed by atoms with Crippen molar-refractivity contribution in [1.29, 1.82) is 0 Å². The standard InChI is InChI=1S/C24H32ClN5O3S/c1-17-3-8-21(28-34(32,33)22-9-10-22)15-26-23(16-29-11-13-30(14-12-29)18(2)31)24(27-17)19-4-6-20(25)7-5-19/h3-8,15,18,22,27-28,31H,9-14,16H2,1-2H3. The van der Waals surface area contributed by atoms with E-state index in [0.29, 0.717) is 30.1 Å². The summed E-state index contributed by atoms with van der Waals surface area (Å²) in [6.07, 6.45) is 2.52. The number of sulfonamides is 1. The number of aromatic nitrogens is 2. The summed E-state index contributed by atoms with van der Waals surface area (Å²) in [5.74, 6) is 0. The molecule has 1 aromatic carbocycles. The molecule has 8 nitrogen and oxygen atoms in total. The van der Waals surface area contributed by atoms with Gasteiger partial charge in [0.05, 0.1) is 28.5 Å². The van der Waals surface area contributed by atoms with Gasteiger partial charge >= 0.3 is 0 Å². The first-order valence-corrected chi connectivity index (χ1v) is 13.5. The molecule has 34 heavy (non-hydrogen) atoms. The average molecular weight is 506 g/mol. The van der Waals surface area contributed by atoms with E-state index in [1.807, 2.05) is 42.2 Å². The molecule has 2 aromatic rings. The van der Waals surface area contributed by atoms with Crippen LogP contribution in [0, 0.1) is 6.92 Å². The Balaban J connectivity index is 1.72. The Morgan fingerprint density at radius 3 is 2.44 bits per heavy atom. The van der Waals surface area contributed by atoms with Gasteiger partial charge in [0.25, 0.3) is 0 Å². The molecule has 0 amide bonds. The summed E-state index contributed by atoms with van der Waals surface area (Å²) < 4.78 is 27.7. The smallest absolute Gasteiger partial charge is 0.235 e. The van der Waals surface area contributed by atoms with Gasteiger partial charge in [0, 0.05) is 43.4 Å². The molecule has 4 rings (SSSR count). The van der Waals surface area contributed by atoms with Crippen molar-refractivity contribution in [2.24, 2.45) is 0 Å². The van der Waals surface area contributed by atoms with Crippen molar-refractivity contribution in [1.82, 2.24) is 19.8 Å². The molecule has 1 unspecified atom stereocenters. The second kappa shape index (κ2) is 10.6. The van der Waals surface area contributed by atoms with E-state index in [1.165, 1.54) is 0 Å². The molecular weight excluding hydrogens is 474 g/mol. The number of aliphatic hydroxyl groups excluding tert-OH is 1. The molecule has 1 aromatic heterocycles. The van der Waals surface area contributed by atoms with Crippen LogP contribution in [0.25, 0.3) is 11.3 Å². The maximum atomic E-state index is 12.5. The number of nitrogens with one attached hydrogen (secondary N) is 2. The molecule has 1 aliphatic carbocycles. The lowest BCUT2D eigenvalue weighted by molar-refractivity contribution is -0.0143. The number of halogens is 1. The van der Waals surface area contributed by atoms with Gasteiger partial charge in [-0.2, -0.15) is 0 Å². The van der Waals surface area contributed by atoms with E-state index >= 15 is 0 Å². The first-order valence-electron chi connectivity index (χ1n) is 11.6. The third kappa shape index (κ3) is 6.49. The van der Waals surface area contributed by atoms with Gasteiger partial charge in [-0.3, -0.25) is 19.5 Å². The Morgan fingerprint density at radius 2 is 1.82 bits per heavy atom. The summed E-state index contributed by atoms with van der Waals surface area (Å²) in [5, 5.41) is 10.2. The summed E-state index contributed by atoms with van der Waals surface area (Å²) in [6, 6.07) is 11.1. The van der Waals surface area contributed by atoms with Crippen LogP contribution in [-0.2, 0) is 16.6 Å². The summed E-state index contributed by atoms with van der Waals surface area (Å²) in [6.45, 7) is 7.42. The average Bonchev–Trinajstić information content (AvgIpc) is 3.65. The first-order chi connectivity index (χ1) is 16.2. The molecule has 3 N–H and O–H groups in total. The minimum atomic E-state index is -3.40. The van der Waals surface area contributed by atoms with Crippen molar-refractivity contribution in [3.63, 3.8) is 0 Å². The van der Waals surface area contributed by atoms with Crippen molar-refractivity contribution in [3.8, 4) is 11.3 Å². The molecular formula is C24H32ClN5O3S. The van der Waals surface area contributed by atoms with E-state index in [1.54, 1.807) is 19.2 Å². The summed E-state index contributed by atoms with van der Waals surface area (Å²) in [4.78, 5) is 12.6. The topological polar surface area (TPSA) is 102 Å². The Bertz CT molecular complexity index is 1150. The number of benzene rings is 1. The van der Waals surface area contributed by atoms with Crippen molar-refractivity contribution in [2.75, 3.05) is 30.9 Å². The Labute approximate surface area is 206 Å². The lowest BCUT2D eigenvalue weighted by Crippen LogP contribution is -2.49. The van der Waals surface area contributed by atoms with Gasteiger partial charge in [0.1, 0.15) is 6.23 Å². The zero-order valence-corrected chi connectivity index (χ0v) is 21.1. The number of nitrogens with zero attached hydrogens (tertiary/aromatic N) is 3. The zero-order chi connectivity index (χ0) is 24.3. The second-order valence-electron chi connectivity index (χ2n) is 8.97. The number of H-pyrrole nitrogens is 1. The lowest BCUT2D eigenvalue weighted by Gasteiger charge is -2.36. The van der Waals surface area contributed by atoms with Crippen LogP contribution in [0.4, 0.5) is 5.69 Å². The molecule has 1 saturated heterocycles. The van der Waals surface area contributed by atoms with Crippen molar-refractivity contribution < 1.29 is 13.5 Å². The number of piperazine rings is 1. The quantitative estimate of drug-likeness (QED) is 0.532. The molecule has 2 heterocycles. The summed E-state index contributed by atoms with van der Waals surface area (Å²) >= 11 is 6.12. The van der Waals surface area contributed by atoms with E-state index in [9.17, 15) is 13.5 Å². The number of hydrogen-bond donors (Lipinski definition) is 3. The third-order valence-electron chi connectivity index (χ3n) is 6.15. The third-order valence-corrected chi connectivity index (χ3v) is 8.27. The fraction of sp³-hybridized carbons (Fsp3) is 0.458. The van der Waals surface area contributed by atoms with Crippen LogP contribution in [0.5, 0.6) is 0 Å². The van der Waals surface area contributed by atoms with Crippen molar-refractivity contribution >= 4 is 27.3 Å². The van der Waals surface area contributed by atoms with Crippen LogP contribution in [0.3, 0.4) is 0 Å². The van der Waals surface area contributed by atoms with E-state index in [4.69, 9.17) is 16.6 Å². The molecule has 0 bridgehead atoms. The lowest BCUT2D eigenvalue weighted by atomic mass is 10.1. The highest BCUT2D eigenvalue weighted by molar-refractivity contribution is 7.93. The first kappa shape index (κ1) is 24.9. The van der Waals surface area contributed by atoms with Gasteiger partial charge in [-0.05, 0) is 56.5 Å². The van der Waals surface area contributed by atoms with E-state index in [0.717, 1.165) is 48.8 Å². The Hall–Kier alpha value is -2.17. The number of anilines is 1. The molecule has 2 aliphatic rings. The summed E-state index contributed by atoms with van der Waals surface area (Å²) in [7, 11) is -3.40. The minimum absolute atomic E-state index is 0.317. The van der Waals surface area contributed by atoms with Crippen LogP contribution in [0.2, 0.25) is 5.02 Å². The minimum Gasteiger partial charge on any atom is -0.379 e. The molecule has 10 heteroatoms. The van der Waals surface area contributed by atoms with Crippen LogP contribution >= 0.6 is 11.6 Å². The monoisotopic (exact) mass is 505 g/mol. The molecule has 0 radical (unpaired) electrons. The van der Waals surface area contributed by atoms with Crippen LogP contribution in [0.1, 0.15) is 31.2 Å². The number of rotatable bonds is 7. The predicted molar refractivity (Wildman–Crippen MR) is 135 cm³/mol. The van der Waals surface area contributed by atoms with E-state index in [-0.39, 0.29) is 5.25 Å². The molecule has 184 valence electrons. The number of hydrogen-bond acceptors (Lipinski definition) is 6. The maximum Gasteiger partial charge on any atom is 0.235 e. The predicted octanol–water partition coefficient (Wildman–Crippen LogP) is 3.52. The van der Waals surface area contributed by atoms with E-state index < -0.39 is 16.3 Å². The molecule has 0 spiro atoms. The van der Waals surface area contributed by atoms with Gasteiger partial charge in [-0.1, -0.05) is 23.7 Å². The normalized spacial score (nSPS) is 18.4. The highest BCUT2D eigenvalue weighted by atomic mass is 35.5. The van der Waals surface area contributed by atoms with E-state index in [2.05, 4.69) is 14.6 Å². The number of aromatic amines is 1. The van der Waals surface area contributed by atoms with Crippen LogP contribution in [0.15, 0.2) is 42.6 Å². The summed E-state index contributed by atoms with van der Waals surface area (Å²) in [5.41, 5.74) is 3.86. The van der Waals surface area contributed by atoms with Gasteiger partial charge < -0.3 is 10.1 Å². The van der Waals surface area contributed by atoms with Crippen molar-refractivity contribution in [3.05, 3.63) is 59.0 Å². The number of aryl methyl sites for hydroxylation is 1. The van der Waals surface area contributed by atoms with Crippen LogP contribution < -0.4 is 4.72 Å². The highest BCUT2D eigenvalue weighted by Gasteiger charge is 2.35. The Kier molecular flexibility index (Phi) is 7.79. The Morgan fingerprint density at radius 1 is 1.15 bits per heavy atom. The zero-order valence-electron chi connectivity index (χ0n) is 19.5. The fourth-order valence-corrected chi connectivity index (χ4v) is 5.45. The van der Waals surface area contributed by atoms with Gasteiger partial charge in [-0.15, -0.1) is 0 Å². The van der Waals surface area contributed by atoms with Crippen molar-refractivity contribution in [2.45, 2.75) is 44.7 Å². The maximum absolute atomic E-state index is 12.5.